The molecule has 0 bridgehead atoms. The molecule has 1 aromatic carbocycles. The van der Waals surface area contributed by atoms with Gasteiger partial charge in [-0.2, -0.15) is 0 Å². The number of benzene rings is 1. The lowest BCUT2D eigenvalue weighted by Gasteiger charge is -2.12. The highest BCUT2D eigenvalue weighted by molar-refractivity contribution is 5.85. The molecule has 0 aliphatic rings. The van der Waals surface area contributed by atoms with Gasteiger partial charge in [-0.25, -0.2) is 0 Å². The number of fused-ring (bicyclic) bond motifs is 1. The van der Waals surface area contributed by atoms with Crippen LogP contribution in [0.4, 0.5) is 0 Å². The monoisotopic (exact) mass is 229 g/mol. The van der Waals surface area contributed by atoms with E-state index in [0.717, 1.165) is 18.6 Å². The molecule has 0 fully saturated rings. The van der Waals surface area contributed by atoms with E-state index in [-0.39, 0.29) is 0 Å². The summed E-state index contributed by atoms with van der Waals surface area (Å²) in [5.74, 6) is 0. The molecule has 0 atom stereocenters. The van der Waals surface area contributed by atoms with Crippen molar-refractivity contribution in [2.75, 3.05) is 13.1 Å². The Kier molecular flexibility index (Phi) is 3.71. The van der Waals surface area contributed by atoms with E-state index in [1.54, 1.807) is 0 Å². The van der Waals surface area contributed by atoms with Crippen molar-refractivity contribution in [3.05, 3.63) is 41.1 Å². The van der Waals surface area contributed by atoms with E-state index in [2.05, 4.69) is 36.3 Å². The van der Waals surface area contributed by atoms with Crippen LogP contribution in [0.1, 0.15) is 16.7 Å². The predicted molar refractivity (Wildman–Crippen MR) is 72.0 cm³/mol. The lowest BCUT2D eigenvalue weighted by Crippen LogP contribution is -2.22. The molecule has 3 N–H and O–H groups in total. The maximum Gasteiger partial charge on any atom is 0.0736 e. The van der Waals surface area contributed by atoms with Crippen molar-refractivity contribution in [3.63, 3.8) is 0 Å². The van der Waals surface area contributed by atoms with Gasteiger partial charge in [0.1, 0.15) is 0 Å². The Morgan fingerprint density at radius 3 is 2.94 bits per heavy atom. The summed E-state index contributed by atoms with van der Waals surface area (Å²) in [7, 11) is 0. The van der Waals surface area contributed by atoms with Crippen LogP contribution in [-0.2, 0) is 6.54 Å². The second kappa shape index (κ2) is 5.25. The van der Waals surface area contributed by atoms with Crippen molar-refractivity contribution in [1.82, 2.24) is 10.3 Å². The standard InChI is InChI=1S/C14H19N3/c1-10-8-12(9-16-7-5-15)11(2)14-13(10)4-3-6-17-14/h3-4,6,8,16H,5,7,9,15H2,1-2H3. The van der Waals surface area contributed by atoms with E-state index in [9.17, 15) is 0 Å². The quantitative estimate of drug-likeness (QED) is 0.787. The highest BCUT2D eigenvalue weighted by Crippen LogP contribution is 2.23. The van der Waals surface area contributed by atoms with Crippen LogP contribution in [0.5, 0.6) is 0 Å². The van der Waals surface area contributed by atoms with Crippen LogP contribution >= 0.6 is 0 Å². The van der Waals surface area contributed by atoms with Crippen LogP contribution in [0.2, 0.25) is 0 Å². The Morgan fingerprint density at radius 2 is 2.18 bits per heavy atom. The number of aromatic nitrogens is 1. The van der Waals surface area contributed by atoms with E-state index < -0.39 is 0 Å². The lowest BCUT2D eigenvalue weighted by molar-refractivity contribution is 0.692. The van der Waals surface area contributed by atoms with Crippen LogP contribution in [0, 0.1) is 13.8 Å². The molecule has 2 aromatic rings. The molecule has 3 heteroatoms. The third-order valence-corrected chi connectivity index (χ3v) is 3.10. The Hall–Kier alpha value is -1.45. The smallest absolute Gasteiger partial charge is 0.0736 e. The first-order valence-corrected chi connectivity index (χ1v) is 5.98. The third-order valence-electron chi connectivity index (χ3n) is 3.10. The minimum absolute atomic E-state index is 0.670. The van der Waals surface area contributed by atoms with Gasteiger partial charge in [-0.15, -0.1) is 0 Å². The van der Waals surface area contributed by atoms with E-state index >= 15 is 0 Å². The van der Waals surface area contributed by atoms with Crippen molar-refractivity contribution >= 4 is 10.9 Å². The number of pyridine rings is 1. The first kappa shape index (κ1) is 12.0. The van der Waals surface area contributed by atoms with Gasteiger partial charge in [-0.3, -0.25) is 4.98 Å². The first-order valence-electron chi connectivity index (χ1n) is 5.98. The summed E-state index contributed by atoms with van der Waals surface area (Å²) in [6.45, 7) is 6.64. The van der Waals surface area contributed by atoms with Crippen LogP contribution in [-0.4, -0.2) is 18.1 Å². The SMILES string of the molecule is Cc1cc(CNCCN)c(C)c2ncccc12. The zero-order valence-electron chi connectivity index (χ0n) is 10.5. The zero-order chi connectivity index (χ0) is 12.3. The molecular formula is C14H19N3. The molecule has 1 aromatic heterocycles. The van der Waals surface area contributed by atoms with Crippen LogP contribution < -0.4 is 11.1 Å². The van der Waals surface area contributed by atoms with E-state index in [1.165, 1.54) is 22.1 Å². The van der Waals surface area contributed by atoms with Crippen molar-refractivity contribution in [3.8, 4) is 0 Å². The number of nitrogens with one attached hydrogen (secondary N) is 1. The number of rotatable bonds is 4. The van der Waals surface area contributed by atoms with Gasteiger partial charge in [0.05, 0.1) is 5.52 Å². The summed E-state index contributed by atoms with van der Waals surface area (Å²) >= 11 is 0. The molecule has 17 heavy (non-hydrogen) atoms. The van der Waals surface area contributed by atoms with Crippen LogP contribution in [0.3, 0.4) is 0 Å². The molecule has 3 nitrogen and oxygen atoms in total. The highest BCUT2D eigenvalue weighted by atomic mass is 14.9. The number of nitrogens with two attached hydrogens (primary N) is 1. The van der Waals surface area contributed by atoms with Crippen LogP contribution in [0.15, 0.2) is 24.4 Å². The summed E-state index contributed by atoms with van der Waals surface area (Å²) in [5.41, 5.74) is 10.4. The van der Waals surface area contributed by atoms with Crippen molar-refractivity contribution < 1.29 is 0 Å². The third kappa shape index (κ3) is 2.46. The molecule has 0 aliphatic heterocycles. The number of aryl methyl sites for hydroxylation is 2. The van der Waals surface area contributed by atoms with Gasteiger partial charge in [0.15, 0.2) is 0 Å². The van der Waals surface area contributed by atoms with Gasteiger partial charge < -0.3 is 11.1 Å². The molecule has 0 unspecified atom stereocenters. The topological polar surface area (TPSA) is 50.9 Å². The molecular weight excluding hydrogens is 210 g/mol. The average Bonchev–Trinajstić information content (AvgIpc) is 2.36. The molecule has 0 saturated heterocycles. The fourth-order valence-electron chi connectivity index (χ4n) is 2.13. The molecule has 0 amide bonds. The summed E-state index contributed by atoms with van der Waals surface area (Å²) in [4.78, 5) is 4.48. The number of nitrogens with zero attached hydrogens (tertiary/aromatic N) is 1. The van der Waals surface area contributed by atoms with Crippen molar-refractivity contribution in [1.29, 1.82) is 0 Å². The molecule has 0 radical (unpaired) electrons. The van der Waals surface area contributed by atoms with E-state index in [4.69, 9.17) is 5.73 Å². The predicted octanol–water partition coefficient (Wildman–Crippen LogP) is 1.90. The number of hydrogen-bond acceptors (Lipinski definition) is 3. The number of hydrogen-bond donors (Lipinski definition) is 2. The minimum atomic E-state index is 0.670. The Bertz CT molecular complexity index is 520. The van der Waals surface area contributed by atoms with Crippen molar-refractivity contribution in [2.45, 2.75) is 20.4 Å². The fourth-order valence-corrected chi connectivity index (χ4v) is 2.13. The molecule has 90 valence electrons. The van der Waals surface area contributed by atoms with E-state index in [0.29, 0.717) is 6.54 Å². The van der Waals surface area contributed by atoms with Crippen LogP contribution in [0.25, 0.3) is 10.9 Å². The normalized spacial score (nSPS) is 11.0. The lowest BCUT2D eigenvalue weighted by atomic mass is 9.99. The van der Waals surface area contributed by atoms with Gasteiger partial charge in [0.2, 0.25) is 0 Å². The summed E-state index contributed by atoms with van der Waals surface area (Å²) in [6, 6.07) is 6.35. The summed E-state index contributed by atoms with van der Waals surface area (Å²) in [6.07, 6.45) is 1.85. The van der Waals surface area contributed by atoms with Gasteiger partial charge in [-0.05, 0) is 36.6 Å². The molecule has 1 heterocycles. The van der Waals surface area contributed by atoms with Gasteiger partial charge >= 0.3 is 0 Å². The maximum absolute atomic E-state index is 5.48. The van der Waals surface area contributed by atoms with E-state index in [1.807, 2.05) is 12.3 Å². The van der Waals surface area contributed by atoms with Gasteiger partial charge in [0, 0.05) is 31.2 Å². The molecule has 0 aliphatic carbocycles. The first-order chi connectivity index (χ1) is 8.24. The minimum Gasteiger partial charge on any atom is -0.329 e. The largest absolute Gasteiger partial charge is 0.329 e. The Morgan fingerprint density at radius 1 is 1.35 bits per heavy atom. The summed E-state index contributed by atoms with van der Waals surface area (Å²) in [5, 5.41) is 4.57. The fraction of sp³-hybridized carbons (Fsp3) is 0.357. The highest BCUT2D eigenvalue weighted by Gasteiger charge is 2.06. The average molecular weight is 229 g/mol. The van der Waals surface area contributed by atoms with Gasteiger partial charge in [-0.1, -0.05) is 12.1 Å². The van der Waals surface area contributed by atoms with Crippen molar-refractivity contribution in [2.24, 2.45) is 5.73 Å². The summed E-state index contributed by atoms with van der Waals surface area (Å²) < 4.78 is 0. The Balaban J connectivity index is 2.40. The zero-order valence-corrected chi connectivity index (χ0v) is 10.5. The molecule has 0 spiro atoms. The second-order valence-corrected chi connectivity index (χ2v) is 4.34. The van der Waals surface area contributed by atoms with Gasteiger partial charge in [0.25, 0.3) is 0 Å². The second-order valence-electron chi connectivity index (χ2n) is 4.34. The maximum atomic E-state index is 5.48. The molecule has 0 saturated carbocycles. The molecule has 2 rings (SSSR count). The Labute approximate surface area is 102 Å².